The van der Waals surface area contributed by atoms with Crippen LogP contribution in [-0.4, -0.2) is 18.1 Å². The summed E-state index contributed by atoms with van der Waals surface area (Å²) in [5.74, 6) is 1.03. The van der Waals surface area contributed by atoms with E-state index < -0.39 is 0 Å². The number of hydrogen-bond acceptors (Lipinski definition) is 2. The van der Waals surface area contributed by atoms with Crippen molar-refractivity contribution in [1.29, 1.82) is 0 Å². The zero-order valence-corrected chi connectivity index (χ0v) is 9.12. The number of aromatic nitrogens is 1. The van der Waals surface area contributed by atoms with Crippen molar-refractivity contribution in [3.05, 3.63) is 34.2 Å². The molecule has 2 heterocycles. The molecule has 0 aliphatic carbocycles. The van der Waals surface area contributed by atoms with Gasteiger partial charge >= 0.3 is 0 Å². The van der Waals surface area contributed by atoms with E-state index in [0.717, 1.165) is 31.5 Å². The first-order valence-corrected chi connectivity index (χ1v) is 5.70. The Morgan fingerprint density at radius 3 is 3.13 bits per heavy atom. The Kier molecular flexibility index (Phi) is 3.21. The van der Waals surface area contributed by atoms with Crippen LogP contribution in [0, 0.1) is 5.92 Å². The molecule has 1 aromatic heterocycles. The maximum absolute atomic E-state index is 11.7. The second-order valence-electron chi connectivity index (χ2n) is 4.23. The van der Waals surface area contributed by atoms with Crippen LogP contribution >= 0.6 is 0 Å². The summed E-state index contributed by atoms with van der Waals surface area (Å²) in [5.41, 5.74) is 1.14. The van der Waals surface area contributed by atoms with Crippen molar-refractivity contribution in [2.45, 2.75) is 25.7 Å². The minimum atomic E-state index is 0.180. The standard InChI is InChI=1S/C12H18N2O/c1-2-9-7-13-5-3-10(9)11-8-14-6-4-12(11)15/h4,6,8-10,13H,2-3,5,7H2,1H3,(H,14,15). The number of H-pyrrole nitrogens is 1. The molecule has 1 aromatic rings. The van der Waals surface area contributed by atoms with Crippen LogP contribution in [0.5, 0.6) is 0 Å². The van der Waals surface area contributed by atoms with Crippen LogP contribution < -0.4 is 10.7 Å². The van der Waals surface area contributed by atoms with Crippen LogP contribution in [0.3, 0.4) is 0 Å². The van der Waals surface area contributed by atoms with Gasteiger partial charge in [0.05, 0.1) is 0 Å². The molecular formula is C12H18N2O. The molecule has 0 amide bonds. The Labute approximate surface area is 89.9 Å². The van der Waals surface area contributed by atoms with Crippen LogP contribution in [0.2, 0.25) is 0 Å². The van der Waals surface area contributed by atoms with Gasteiger partial charge in [0.25, 0.3) is 0 Å². The molecule has 0 radical (unpaired) electrons. The summed E-state index contributed by atoms with van der Waals surface area (Å²) in [7, 11) is 0. The smallest absolute Gasteiger partial charge is 0.185 e. The molecule has 0 bridgehead atoms. The number of piperidine rings is 1. The quantitative estimate of drug-likeness (QED) is 0.769. The van der Waals surface area contributed by atoms with Crippen molar-refractivity contribution in [1.82, 2.24) is 10.3 Å². The maximum Gasteiger partial charge on any atom is 0.185 e. The zero-order chi connectivity index (χ0) is 10.7. The summed E-state index contributed by atoms with van der Waals surface area (Å²) in [6.07, 6.45) is 5.78. The lowest BCUT2D eigenvalue weighted by Crippen LogP contribution is -2.36. The van der Waals surface area contributed by atoms with Gasteiger partial charge in [-0.2, -0.15) is 0 Å². The Hall–Kier alpha value is -1.09. The molecule has 2 atom stereocenters. The number of pyridine rings is 1. The predicted octanol–water partition coefficient (Wildman–Crippen LogP) is 1.48. The topological polar surface area (TPSA) is 44.9 Å². The molecule has 0 saturated carbocycles. The highest BCUT2D eigenvalue weighted by molar-refractivity contribution is 5.17. The minimum absolute atomic E-state index is 0.180. The van der Waals surface area contributed by atoms with E-state index in [0.29, 0.717) is 11.8 Å². The van der Waals surface area contributed by atoms with Gasteiger partial charge in [-0.05, 0) is 31.3 Å². The molecule has 1 aliphatic rings. The van der Waals surface area contributed by atoms with Gasteiger partial charge in [-0.1, -0.05) is 13.3 Å². The molecule has 82 valence electrons. The lowest BCUT2D eigenvalue weighted by atomic mass is 9.80. The third kappa shape index (κ3) is 2.12. The van der Waals surface area contributed by atoms with E-state index in [1.165, 1.54) is 0 Å². The van der Waals surface area contributed by atoms with Crippen molar-refractivity contribution in [3.8, 4) is 0 Å². The fourth-order valence-corrected chi connectivity index (χ4v) is 2.48. The van der Waals surface area contributed by atoms with Gasteiger partial charge in [0, 0.05) is 24.0 Å². The van der Waals surface area contributed by atoms with E-state index in [4.69, 9.17) is 0 Å². The number of aromatic amines is 1. The molecule has 0 aromatic carbocycles. The van der Waals surface area contributed by atoms with Crippen LogP contribution in [0.25, 0.3) is 0 Å². The normalized spacial score (nSPS) is 26.5. The van der Waals surface area contributed by atoms with Crippen LogP contribution in [0.15, 0.2) is 23.3 Å². The van der Waals surface area contributed by atoms with Crippen molar-refractivity contribution < 1.29 is 0 Å². The molecule has 1 saturated heterocycles. The fourth-order valence-electron chi connectivity index (χ4n) is 2.48. The van der Waals surface area contributed by atoms with E-state index >= 15 is 0 Å². The third-order valence-corrected chi connectivity index (χ3v) is 3.39. The molecule has 3 heteroatoms. The Balaban J connectivity index is 2.28. The molecule has 3 nitrogen and oxygen atoms in total. The highest BCUT2D eigenvalue weighted by atomic mass is 16.1. The van der Waals surface area contributed by atoms with Crippen molar-refractivity contribution >= 4 is 0 Å². The summed E-state index contributed by atoms with van der Waals surface area (Å²) in [4.78, 5) is 14.8. The van der Waals surface area contributed by atoms with Crippen LogP contribution in [-0.2, 0) is 0 Å². The molecule has 2 rings (SSSR count). The van der Waals surface area contributed by atoms with Gasteiger partial charge in [0.1, 0.15) is 0 Å². The molecular weight excluding hydrogens is 188 g/mol. The largest absolute Gasteiger partial charge is 0.367 e. The first kappa shape index (κ1) is 10.4. The Bertz CT molecular complexity index is 372. The second kappa shape index (κ2) is 4.62. The maximum atomic E-state index is 11.7. The van der Waals surface area contributed by atoms with Gasteiger partial charge in [0.2, 0.25) is 0 Å². The molecule has 2 unspecified atom stereocenters. The molecule has 15 heavy (non-hydrogen) atoms. The van der Waals surface area contributed by atoms with E-state index in [-0.39, 0.29) is 5.43 Å². The fraction of sp³-hybridized carbons (Fsp3) is 0.583. The van der Waals surface area contributed by atoms with E-state index in [2.05, 4.69) is 17.2 Å². The number of hydrogen-bond donors (Lipinski definition) is 2. The zero-order valence-electron chi connectivity index (χ0n) is 9.12. The Morgan fingerprint density at radius 2 is 2.40 bits per heavy atom. The molecule has 0 spiro atoms. The lowest BCUT2D eigenvalue weighted by Gasteiger charge is -2.31. The molecule has 2 N–H and O–H groups in total. The average molecular weight is 206 g/mol. The van der Waals surface area contributed by atoms with Gasteiger partial charge in [-0.3, -0.25) is 4.79 Å². The summed E-state index contributed by atoms with van der Waals surface area (Å²) in [6, 6.07) is 1.63. The number of nitrogens with one attached hydrogen (secondary N) is 2. The van der Waals surface area contributed by atoms with Crippen LogP contribution in [0.1, 0.15) is 31.2 Å². The van der Waals surface area contributed by atoms with E-state index in [9.17, 15) is 4.79 Å². The highest BCUT2D eigenvalue weighted by Gasteiger charge is 2.26. The van der Waals surface area contributed by atoms with Gasteiger partial charge in [-0.15, -0.1) is 0 Å². The highest BCUT2D eigenvalue weighted by Crippen LogP contribution is 2.29. The minimum Gasteiger partial charge on any atom is -0.367 e. The summed E-state index contributed by atoms with van der Waals surface area (Å²) >= 11 is 0. The summed E-state index contributed by atoms with van der Waals surface area (Å²) in [6.45, 7) is 4.26. The summed E-state index contributed by atoms with van der Waals surface area (Å²) < 4.78 is 0. The van der Waals surface area contributed by atoms with Crippen LogP contribution in [0.4, 0.5) is 0 Å². The molecule has 1 fully saturated rings. The van der Waals surface area contributed by atoms with Gasteiger partial charge in [-0.25, -0.2) is 0 Å². The predicted molar refractivity (Wildman–Crippen MR) is 61.1 cm³/mol. The van der Waals surface area contributed by atoms with E-state index in [1.807, 2.05) is 6.20 Å². The Morgan fingerprint density at radius 1 is 1.53 bits per heavy atom. The second-order valence-corrected chi connectivity index (χ2v) is 4.23. The SMILES string of the molecule is CCC1CNCCC1c1c[nH]ccc1=O. The van der Waals surface area contributed by atoms with Crippen molar-refractivity contribution in [2.75, 3.05) is 13.1 Å². The first-order valence-electron chi connectivity index (χ1n) is 5.70. The van der Waals surface area contributed by atoms with Crippen molar-refractivity contribution in [2.24, 2.45) is 5.92 Å². The third-order valence-electron chi connectivity index (χ3n) is 3.39. The van der Waals surface area contributed by atoms with Gasteiger partial charge < -0.3 is 10.3 Å². The average Bonchev–Trinajstić information content (AvgIpc) is 2.30. The van der Waals surface area contributed by atoms with Gasteiger partial charge in [0.15, 0.2) is 5.43 Å². The monoisotopic (exact) mass is 206 g/mol. The van der Waals surface area contributed by atoms with E-state index in [1.54, 1.807) is 12.3 Å². The summed E-state index contributed by atoms with van der Waals surface area (Å²) in [5, 5.41) is 3.39. The van der Waals surface area contributed by atoms with Crippen molar-refractivity contribution in [3.63, 3.8) is 0 Å². The lowest BCUT2D eigenvalue weighted by molar-refractivity contribution is 0.316. The first-order chi connectivity index (χ1) is 7.33. The number of rotatable bonds is 2. The molecule has 1 aliphatic heterocycles.